The van der Waals surface area contributed by atoms with Crippen molar-refractivity contribution >= 4 is 23.4 Å². The molecule has 1 aliphatic rings. The Bertz CT molecular complexity index is 705. The molecule has 0 aliphatic carbocycles. The van der Waals surface area contributed by atoms with E-state index in [-0.39, 0.29) is 0 Å². The highest BCUT2D eigenvalue weighted by atomic mass is 32.2. The highest BCUT2D eigenvalue weighted by molar-refractivity contribution is 7.99. The van der Waals surface area contributed by atoms with Crippen molar-refractivity contribution in [2.45, 2.75) is 44.4 Å². The summed E-state index contributed by atoms with van der Waals surface area (Å²) in [7, 11) is 0. The zero-order valence-corrected chi connectivity index (χ0v) is 14.8. The average molecular weight is 308 g/mol. The maximum atomic E-state index is 2.39. The van der Waals surface area contributed by atoms with Gasteiger partial charge in [-0.25, -0.2) is 0 Å². The van der Waals surface area contributed by atoms with Crippen LogP contribution in [0, 0.1) is 0 Å². The van der Waals surface area contributed by atoms with Gasteiger partial charge < -0.3 is 0 Å². The molecule has 0 radical (unpaired) electrons. The number of fused-ring (bicyclic) bond motifs is 1. The SMILES string of the molecule is CCc1ccc(/C=C(\C)c2ccc3c(c2)C(C)(C)CS3)cc1. The van der Waals surface area contributed by atoms with Gasteiger partial charge in [0.1, 0.15) is 0 Å². The Balaban J connectivity index is 1.92. The van der Waals surface area contributed by atoms with Crippen molar-refractivity contribution in [3.05, 3.63) is 64.7 Å². The molecule has 3 rings (SSSR count). The van der Waals surface area contributed by atoms with Gasteiger partial charge in [-0.1, -0.05) is 57.2 Å². The number of hydrogen-bond donors (Lipinski definition) is 0. The summed E-state index contributed by atoms with van der Waals surface area (Å²) >= 11 is 1.98. The second-order valence-electron chi connectivity index (χ2n) is 6.81. The van der Waals surface area contributed by atoms with Crippen LogP contribution in [0.5, 0.6) is 0 Å². The van der Waals surface area contributed by atoms with Gasteiger partial charge in [-0.05, 0) is 53.3 Å². The van der Waals surface area contributed by atoms with Crippen molar-refractivity contribution in [3.63, 3.8) is 0 Å². The Morgan fingerprint density at radius 1 is 1.14 bits per heavy atom. The van der Waals surface area contributed by atoms with Crippen molar-refractivity contribution < 1.29 is 0 Å². The molecule has 0 amide bonds. The number of benzene rings is 2. The Labute approximate surface area is 138 Å². The third-order valence-electron chi connectivity index (χ3n) is 4.52. The lowest BCUT2D eigenvalue weighted by molar-refractivity contribution is 0.605. The summed E-state index contributed by atoms with van der Waals surface area (Å²) in [6.45, 7) is 9.10. The molecule has 0 saturated carbocycles. The lowest BCUT2D eigenvalue weighted by atomic mass is 9.85. The van der Waals surface area contributed by atoms with E-state index in [9.17, 15) is 0 Å². The first-order chi connectivity index (χ1) is 10.5. The molecule has 0 atom stereocenters. The molecule has 0 nitrogen and oxygen atoms in total. The zero-order valence-electron chi connectivity index (χ0n) is 13.9. The molecule has 1 aliphatic heterocycles. The second kappa shape index (κ2) is 5.96. The predicted octanol–water partition coefficient (Wildman–Crippen LogP) is 6.19. The van der Waals surface area contributed by atoms with Gasteiger partial charge in [0.25, 0.3) is 0 Å². The highest BCUT2D eigenvalue weighted by Gasteiger charge is 2.30. The minimum absolute atomic E-state index is 0.291. The molecule has 0 bridgehead atoms. The van der Waals surface area contributed by atoms with Crippen LogP contribution in [0.3, 0.4) is 0 Å². The van der Waals surface area contributed by atoms with Crippen molar-refractivity contribution in [1.82, 2.24) is 0 Å². The van der Waals surface area contributed by atoms with Crippen LogP contribution in [-0.4, -0.2) is 5.75 Å². The third-order valence-corrected chi connectivity index (χ3v) is 6.06. The van der Waals surface area contributed by atoms with E-state index in [4.69, 9.17) is 0 Å². The van der Waals surface area contributed by atoms with Crippen LogP contribution in [0.15, 0.2) is 47.4 Å². The van der Waals surface area contributed by atoms with Crippen LogP contribution in [0.1, 0.15) is 49.9 Å². The molecule has 1 heteroatoms. The molecular weight excluding hydrogens is 284 g/mol. The first kappa shape index (κ1) is 15.4. The highest BCUT2D eigenvalue weighted by Crippen LogP contribution is 2.44. The molecular formula is C21H24S. The summed E-state index contributed by atoms with van der Waals surface area (Å²) < 4.78 is 0. The van der Waals surface area contributed by atoms with Crippen molar-refractivity contribution in [1.29, 1.82) is 0 Å². The normalized spacial score (nSPS) is 16.6. The van der Waals surface area contributed by atoms with Gasteiger partial charge in [-0.3, -0.25) is 0 Å². The van der Waals surface area contributed by atoms with Crippen LogP contribution >= 0.6 is 11.8 Å². The first-order valence-corrected chi connectivity index (χ1v) is 9.03. The largest absolute Gasteiger partial charge is 0.125 e. The Morgan fingerprint density at radius 3 is 2.55 bits per heavy atom. The first-order valence-electron chi connectivity index (χ1n) is 8.04. The molecule has 0 N–H and O–H groups in total. The molecule has 0 unspecified atom stereocenters. The number of aryl methyl sites for hydroxylation is 1. The Kier molecular flexibility index (Phi) is 4.18. The summed E-state index contributed by atoms with van der Waals surface area (Å²) in [6.07, 6.45) is 3.39. The van der Waals surface area contributed by atoms with E-state index in [2.05, 4.69) is 76.2 Å². The van der Waals surface area contributed by atoms with E-state index in [1.165, 1.54) is 38.5 Å². The van der Waals surface area contributed by atoms with E-state index in [1.807, 2.05) is 11.8 Å². The van der Waals surface area contributed by atoms with Crippen LogP contribution in [0.4, 0.5) is 0 Å². The lowest BCUT2D eigenvalue weighted by Gasteiger charge is -2.18. The predicted molar refractivity (Wildman–Crippen MR) is 99.6 cm³/mol. The van der Waals surface area contributed by atoms with Crippen molar-refractivity contribution in [3.8, 4) is 0 Å². The lowest BCUT2D eigenvalue weighted by Crippen LogP contribution is -2.15. The number of hydrogen-bond acceptors (Lipinski definition) is 1. The summed E-state index contributed by atoms with van der Waals surface area (Å²) in [5.41, 5.74) is 7.15. The van der Waals surface area contributed by atoms with E-state index < -0.39 is 0 Å². The molecule has 0 saturated heterocycles. The van der Waals surface area contributed by atoms with Gasteiger partial charge in [-0.2, -0.15) is 0 Å². The summed E-state index contributed by atoms with van der Waals surface area (Å²) in [5.74, 6) is 1.19. The van der Waals surface area contributed by atoms with Crippen molar-refractivity contribution in [2.75, 3.05) is 5.75 Å². The Morgan fingerprint density at radius 2 is 1.86 bits per heavy atom. The van der Waals surface area contributed by atoms with Crippen LogP contribution in [0.2, 0.25) is 0 Å². The monoisotopic (exact) mass is 308 g/mol. The maximum Gasteiger partial charge on any atom is 0.0110 e. The van der Waals surface area contributed by atoms with Gasteiger partial charge >= 0.3 is 0 Å². The van der Waals surface area contributed by atoms with Crippen LogP contribution < -0.4 is 0 Å². The van der Waals surface area contributed by atoms with Gasteiger partial charge in [-0.15, -0.1) is 11.8 Å². The summed E-state index contributed by atoms with van der Waals surface area (Å²) in [6, 6.07) is 15.8. The maximum absolute atomic E-state index is 2.39. The zero-order chi connectivity index (χ0) is 15.7. The third kappa shape index (κ3) is 3.01. The average Bonchev–Trinajstić information content (AvgIpc) is 2.83. The fraction of sp³-hybridized carbons (Fsp3) is 0.333. The van der Waals surface area contributed by atoms with Crippen molar-refractivity contribution in [2.24, 2.45) is 0 Å². The Hall–Kier alpha value is -1.47. The molecule has 22 heavy (non-hydrogen) atoms. The van der Waals surface area contributed by atoms with E-state index in [1.54, 1.807) is 0 Å². The number of thioether (sulfide) groups is 1. The quantitative estimate of drug-likeness (QED) is 0.609. The molecule has 114 valence electrons. The van der Waals surface area contributed by atoms with E-state index >= 15 is 0 Å². The molecule has 2 aromatic rings. The van der Waals surface area contributed by atoms with Crippen LogP contribution in [-0.2, 0) is 11.8 Å². The number of rotatable bonds is 3. The molecule has 0 aromatic heterocycles. The summed E-state index contributed by atoms with van der Waals surface area (Å²) in [5, 5.41) is 0. The topological polar surface area (TPSA) is 0 Å². The van der Waals surface area contributed by atoms with Gasteiger partial charge in [0.15, 0.2) is 0 Å². The molecule has 2 aromatic carbocycles. The molecule has 0 spiro atoms. The minimum Gasteiger partial charge on any atom is -0.125 e. The van der Waals surface area contributed by atoms with Gasteiger partial charge in [0, 0.05) is 16.1 Å². The van der Waals surface area contributed by atoms with E-state index in [0.717, 1.165) is 6.42 Å². The van der Waals surface area contributed by atoms with Gasteiger partial charge in [0.2, 0.25) is 0 Å². The fourth-order valence-electron chi connectivity index (χ4n) is 2.95. The second-order valence-corrected chi connectivity index (χ2v) is 7.82. The van der Waals surface area contributed by atoms with Crippen LogP contribution in [0.25, 0.3) is 11.6 Å². The number of allylic oxidation sites excluding steroid dienone is 1. The smallest absolute Gasteiger partial charge is 0.0110 e. The minimum atomic E-state index is 0.291. The fourth-order valence-corrected chi connectivity index (χ4v) is 4.28. The van der Waals surface area contributed by atoms with E-state index in [0.29, 0.717) is 5.41 Å². The molecule has 1 heterocycles. The van der Waals surface area contributed by atoms with Gasteiger partial charge in [0.05, 0.1) is 0 Å². The molecule has 0 fully saturated rings. The standard InChI is InChI=1S/C21H24S/c1-5-16-6-8-17(9-7-16)12-15(2)18-10-11-20-19(13-18)21(3,4)14-22-20/h6-13H,5,14H2,1-4H3/b15-12+. The summed E-state index contributed by atoms with van der Waals surface area (Å²) in [4.78, 5) is 1.45.